The third-order valence-electron chi connectivity index (χ3n) is 25.6. The molecule has 28 rings (SSSR count). The Morgan fingerprint density at radius 1 is 0.154 bits per heavy atom. The van der Waals surface area contributed by atoms with Gasteiger partial charge in [-0.2, -0.15) is 0 Å². The Kier molecular flexibility index (Phi) is 15.2. The Bertz CT molecular complexity index is 9150. The Morgan fingerprint density at radius 2 is 0.423 bits per heavy atom. The second-order valence-electron chi connectivity index (χ2n) is 32.1. The molecule has 0 bridgehead atoms. The molecule has 0 N–H and O–H groups in total. The fourth-order valence-corrected chi connectivity index (χ4v) is 21.8. The van der Waals surface area contributed by atoms with Crippen molar-refractivity contribution in [1.29, 1.82) is 0 Å². The van der Waals surface area contributed by atoms with Crippen LogP contribution >= 0.6 is 11.3 Å². The van der Waals surface area contributed by atoms with Crippen LogP contribution in [0.4, 0.5) is 0 Å². The van der Waals surface area contributed by atoms with Crippen molar-refractivity contribution in [1.82, 2.24) is 32.0 Å². The molecule has 9 heterocycles. The molecule has 9 heteroatoms. The first kappa shape index (κ1) is 68.8. The van der Waals surface area contributed by atoms with E-state index >= 15 is 0 Å². The number of fused-ring (bicyclic) bond motifs is 30. The zero-order chi connectivity index (χ0) is 80.5. The predicted octanol–water partition coefficient (Wildman–Crippen LogP) is 31.0. The minimum atomic E-state index is 0.910. The van der Waals surface area contributed by atoms with Crippen LogP contribution in [0, 0.1) is 0 Å². The summed E-state index contributed by atoms with van der Waals surface area (Å²) in [5, 5.41) is 22.8. The molecule has 8 nitrogen and oxygen atoms in total. The fraction of sp³-hybridized carbons (Fsp3) is 0. The molecule has 123 heavy (non-hydrogen) atoms. The van der Waals surface area contributed by atoms with Crippen LogP contribution in [0.5, 0.6) is 0 Å². The molecule has 0 radical (unpaired) electrons. The zero-order valence-corrected chi connectivity index (χ0v) is 67.3. The number of aromatic nitrogens is 7. The van der Waals surface area contributed by atoms with Gasteiger partial charge in [0.05, 0.1) is 82.9 Å². The molecule has 0 aliphatic carbocycles. The maximum atomic E-state index is 6.50. The van der Waals surface area contributed by atoms with Crippen molar-refractivity contribution in [2.24, 2.45) is 0 Å². The van der Waals surface area contributed by atoms with Crippen molar-refractivity contribution in [2.45, 2.75) is 0 Å². The zero-order valence-electron chi connectivity index (χ0n) is 66.4. The fourth-order valence-electron chi connectivity index (χ4n) is 20.7. The SMILES string of the molecule is c1ccc(-n2c3ccccc3c3c4c5ccccc5n(-c5ccc6sc7ccccc7c6c5)c4ccc32)cc1.c1ccc(-n2c3ccccc3c3c4c5ccccc5n(-c5cccc(-n6c7ccccc7c7ccccc76)c5)c4ccc32)cc1.c1ccc(-n2c3ccccc3c3c4c5ccccc5n(-c5cccc6c5oc5ccccc56)c4ccc32)cc1. The quantitative estimate of drug-likeness (QED) is 0.157. The van der Waals surface area contributed by atoms with Gasteiger partial charge in [-0.05, 0) is 176 Å². The van der Waals surface area contributed by atoms with Gasteiger partial charge in [0, 0.05) is 140 Å². The van der Waals surface area contributed by atoms with Gasteiger partial charge in [0.15, 0.2) is 5.58 Å². The summed E-state index contributed by atoms with van der Waals surface area (Å²) in [5.41, 5.74) is 26.9. The maximum Gasteiger partial charge on any atom is 0.159 e. The molecule has 0 atom stereocenters. The summed E-state index contributed by atoms with van der Waals surface area (Å²) in [4.78, 5) is 0. The lowest BCUT2D eigenvalue weighted by Crippen LogP contribution is -1.98. The van der Waals surface area contributed by atoms with Crippen LogP contribution < -0.4 is 0 Å². The van der Waals surface area contributed by atoms with Gasteiger partial charge in [-0.3, -0.25) is 0 Å². The highest BCUT2D eigenvalue weighted by molar-refractivity contribution is 7.25. The molecule has 0 unspecified atom stereocenters. The van der Waals surface area contributed by atoms with Gasteiger partial charge in [0.2, 0.25) is 0 Å². The number of benzene rings is 19. The van der Waals surface area contributed by atoms with E-state index in [-0.39, 0.29) is 0 Å². The molecule has 0 spiro atoms. The first-order valence-corrected chi connectivity index (χ1v) is 42.9. The summed E-state index contributed by atoms with van der Waals surface area (Å²) >= 11 is 1.87. The highest BCUT2D eigenvalue weighted by Crippen LogP contribution is 2.49. The number of nitrogens with zero attached hydrogens (tertiary/aromatic N) is 7. The van der Waals surface area contributed by atoms with Crippen molar-refractivity contribution in [3.63, 3.8) is 0 Å². The number of hydrogen-bond donors (Lipinski definition) is 0. The Morgan fingerprint density at radius 3 is 0.829 bits per heavy atom. The van der Waals surface area contributed by atoms with E-state index in [4.69, 9.17) is 4.42 Å². The molecule has 0 aliphatic rings. The highest BCUT2D eigenvalue weighted by Gasteiger charge is 2.27. The second-order valence-corrected chi connectivity index (χ2v) is 33.2. The smallest absolute Gasteiger partial charge is 0.159 e. The molecule has 0 saturated heterocycles. The van der Waals surface area contributed by atoms with Gasteiger partial charge >= 0.3 is 0 Å². The number of rotatable bonds is 7. The van der Waals surface area contributed by atoms with Gasteiger partial charge in [-0.25, -0.2) is 0 Å². The van der Waals surface area contributed by atoms with Crippen molar-refractivity contribution in [3.8, 4) is 39.8 Å². The Balaban J connectivity index is 0.0000000993. The molecule has 9 aromatic heterocycles. The first-order valence-electron chi connectivity index (χ1n) is 42.1. The number of para-hydroxylation sites is 13. The average Bonchev–Trinajstić information content (AvgIpc) is 1.53. The Labute approximate surface area is 708 Å². The van der Waals surface area contributed by atoms with E-state index in [1.54, 1.807) is 0 Å². The molecular weight excluding hydrogens is 1520 g/mol. The van der Waals surface area contributed by atoms with Crippen LogP contribution in [0.1, 0.15) is 0 Å². The van der Waals surface area contributed by atoms with E-state index in [9.17, 15) is 0 Å². The van der Waals surface area contributed by atoms with Crippen LogP contribution in [0.15, 0.2) is 435 Å². The van der Waals surface area contributed by atoms with Gasteiger partial charge in [0.1, 0.15) is 5.58 Å². The van der Waals surface area contributed by atoms with Crippen LogP contribution in [0.3, 0.4) is 0 Å². The van der Waals surface area contributed by atoms with Gasteiger partial charge in [-0.15, -0.1) is 11.3 Å². The molecule has 574 valence electrons. The van der Waals surface area contributed by atoms with Crippen molar-refractivity contribution >= 4 is 206 Å². The van der Waals surface area contributed by atoms with E-state index < -0.39 is 0 Å². The minimum absolute atomic E-state index is 0.910. The molecule has 0 fully saturated rings. The highest BCUT2D eigenvalue weighted by atomic mass is 32.1. The summed E-state index contributed by atoms with van der Waals surface area (Å²) in [6, 6.07) is 155. The van der Waals surface area contributed by atoms with Crippen LogP contribution in [-0.4, -0.2) is 32.0 Å². The van der Waals surface area contributed by atoms with E-state index in [0.29, 0.717) is 0 Å². The largest absolute Gasteiger partial charge is 0.454 e. The van der Waals surface area contributed by atoms with Gasteiger partial charge < -0.3 is 36.4 Å². The summed E-state index contributed by atoms with van der Waals surface area (Å²) in [6.45, 7) is 0. The summed E-state index contributed by atoms with van der Waals surface area (Å²) in [5.74, 6) is 0. The minimum Gasteiger partial charge on any atom is -0.454 e. The maximum absolute atomic E-state index is 6.50. The topological polar surface area (TPSA) is 47.6 Å². The molecule has 0 saturated carbocycles. The lowest BCUT2D eigenvalue weighted by molar-refractivity contribution is 0.666. The van der Waals surface area contributed by atoms with Crippen molar-refractivity contribution in [2.75, 3.05) is 0 Å². The lowest BCUT2D eigenvalue weighted by atomic mass is 10.1. The normalized spacial score (nSPS) is 12.1. The van der Waals surface area contributed by atoms with Crippen molar-refractivity contribution < 1.29 is 4.42 Å². The van der Waals surface area contributed by atoms with E-state index in [0.717, 1.165) is 39.0 Å². The van der Waals surface area contributed by atoms with Crippen LogP contribution in [-0.2, 0) is 0 Å². The molecular formula is C114H71N7OS. The summed E-state index contributed by atoms with van der Waals surface area (Å²) in [6.07, 6.45) is 0. The summed E-state index contributed by atoms with van der Waals surface area (Å²) < 4.78 is 26.0. The first-order chi connectivity index (χ1) is 61.1. The van der Waals surface area contributed by atoms with Crippen molar-refractivity contribution in [3.05, 3.63) is 431 Å². The third kappa shape index (κ3) is 10.2. The van der Waals surface area contributed by atoms with Gasteiger partial charge in [-0.1, -0.05) is 255 Å². The second kappa shape index (κ2) is 27.2. The molecule has 28 aromatic rings. The molecule has 19 aromatic carbocycles. The van der Waals surface area contributed by atoms with Gasteiger partial charge in [0.25, 0.3) is 0 Å². The lowest BCUT2D eigenvalue weighted by Gasteiger charge is -2.13. The molecule has 0 aliphatic heterocycles. The van der Waals surface area contributed by atoms with Crippen LogP contribution in [0.25, 0.3) is 235 Å². The monoisotopic (exact) mass is 1590 g/mol. The number of thiophene rings is 1. The number of hydrogen-bond acceptors (Lipinski definition) is 2. The molecule has 0 amide bonds. The summed E-state index contributed by atoms with van der Waals surface area (Å²) in [7, 11) is 0. The number of furan rings is 1. The predicted molar refractivity (Wildman–Crippen MR) is 520 cm³/mol. The van der Waals surface area contributed by atoms with E-state index in [1.807, 2.05) is 23.5 Å². The third-order valence-corrected chi connectivity index (χ3v) is 26.8. The standard InChI is InChI=1S/C42H27N3.C36H22N2O.C36H22N2S/c1-2-13-28(14-3-1)43-37-23-10-6-19-33(37)41-39(43)25-26-40-42(41)34-20-7-11-24-38(34)45(40)30-16-12-15-29(27-30)44-35-21-8-4-17-31(35)32-18-5-9-22-36(32)44;1-2-11-23(12-3-1)37-28-17-7-4-14-26(28)34-30(37)21-22-31-35(34)27-15-5-8-18-29(27)38(31)32-19-10-16-25-24-13-6-9-20-33(24)39-36(25)32;1-2-10-23(11-3-1)37-29-15-7-4-13-26(29)35-31(37)19-20-32-36(35)27-14-5-8-16-30(27)38(32)24-18-21-34-28(22-24)25-12-6-9-17-33(25)39-34/h1-27H;2*1-22H. The van der Waals surface area contributed by atoms with E-state index in [1.165, 1.54) is 196 Å². The Hall–Kier alpha value is -16.2. The van der Waals surface area contributed by atoms with E-state index in [2.05, 4.69) is 451 Å². The average molecular weight is 1590 g/mol. The van der Waals surface area contributed by atoms with Crippen LogP contribution in [0.2, 0.25) is 0 Å².